The molecule has 0 radical (unpaired) electrons. The van der Waals surface area contributed by atoms with Crippen LogP contribution in [0, 0.1) is 6.92 Å². The van der Waals surface area contributed by atoms with Crippen LogP contribution in [0.15, 0.2) is 47.0 Å². The van der Waals surface area contributed by atoms with E-state index < -0.39 is 23.7 Å². The smallest absolute Gasteiger partial charge is 0.433 e. The molecule has 0 atom stereocenters. The lowest BCUT2D eigenvalue weighted by atomic mass is 10.0. The Hall–Kier alpha value is -4.07. The van der Waals surface area contributed by atoms with E-state index in [1.165, 1.54) is 18.2 Å². The highest BCUT2D eigenvalue weighted by molar-refractivity contribution is 7.21. The van der Waals surface area contributed by atoms with Gasteiger partial charge < -0.3 is 20.2 Å². The van der Waals surface area contributed by atoms with Crippen LogP contribution in [0.1, 0.15) is 44.3 Å². The van der Waals surface area contributed by atoms with Crippen molar-refractivity contribution in [2.24, 2.45) is 5.73 Å². The van der Waals surface area contributed by atoms with Gasteiger partial charge in [-0.1, -0.05) is 23.2 Å². The molecule has 0 saturated carbocycles. The summed E-state index contributed by atoms with van der Waals surface area (Å²) in [6, 6.07) is 8.44. The Labute approximate surface area is 250 Å². The molecule has 4 aromatic heterocycles. The number of aromatic nitrogens is 3. The van der Waals surface area contributed by atoms with Crippen molar-refractivity contribution in [3.05, 3.63) is 80.4 Å². The average molecular weight is 638 g/mol. The van der Waals surface area contributed by atoms with Crippen molar-refractivity contribution in [1.29, 1.82) is 0 Å². The number of furan rings is 1. The average Bonchev–Trinajstić information content (AvgIpc) is 3.64. The molecule has 0 bridgehead atoms. The van der Waals surface area contributed by atoms with Crippen molar-refractivity contribution in [2.45, 2.75) is 33.2 Å². The minimum Gasteiger partial charge on any atom is -0.484 e. The Morgan fingerprint density at radius 3 is 2.57 bits per heavy atom. The van der Waals surface area contributed by atoms with E-state index in [4.69, 9.17) is 38.1 Å². The lowest BCUT2D eigenvalue weighted by Gasteiger charge is -2.11. The molecular formula is C27H20Cl2F3N5O4S. The molecule has 9 nitrogen and oxygen atoms in total. The quantitative estimate of drug-likeness (QED) is 0.183. The van der Waals surface area contributed by atoms with E-state index in [0.29, 0.717) is 39.9 Å². The van der Waals surface area contributed by atoms with E-state index in [0.717, 1.165) is 6.07 Å². The number of alkyl halides is 3. The highest BCUT2D eigenvalue weighted by atomic mass is 35.5. The van der Waals surface area contributed by atoms with Crippen LogP contribution in [0.3, 0.4) is 0 Å². The van der Waals surface area contributed by atoms with Crippen LogP contribution < -0.4 is 15.8 Å². The van der Waals surface area contributed by atoms with E-state index in [1.54, 1.807) is 29.9 Å². The molecule has 2 amide bonds. The van der Waals surface area contributed by atoms with Gasteiger partial charge in [-0.2, -0.15) is 18.3 Å². The molecule has 42 heavy (non-hydrogen) atoms. The standard InChI is InChI=1S/C27H20Cl2F3N5O4S/c1-3-37-10-16(12(2)36-37)15-9-20(27(30,31)32)34-26-21(15)22(23(42-26)24(33)38)35-25(39)19-7-5-14(41-19)11-40-18-6-4-13(28)8-17(18)29/h4-10H,3,11H2,1-2H3,(H2,33,38)(H,35,39). The molecule has 15 heteroatoms. The molecule has 0 unspecified atom stereocenters. The third kappa shape index (κ3) is 5.80. The van der Waals surface area contributed by atoms with Crippen molar-refractivity contribution < 1.29 is 31.9 Å². The number of primary amides is 1. The predicted octanol–water partition coefficient (Wildman–Crippen LogP) is 7.34. The van der Waals surface area contributed by atoms with Crippen LogP contribution in [0.25, 0.3) is 21.3 Å². The molecule has 0 spiro atoms. The molecule has 218 valence electrons. The summed E-state index contributed by atoms with van der Waals surface area (Å²) in [6.07, 6.45) is -3.19. The van der Waals surface area contributed by atoms with Crippen LogP contribution >= 0.6 is 34.5 Å². The third-order valence-electron chi connectivity index (χ3n) is 6.12. The number of benzene rings is 1. The topological polar surface area (TPSA) is 125 Å². The number of thiophene rings is 1. The fourth-order valence-electron chi connectivity index (χ4n) is 4.19. The van der Waals surface area contributed by atoms with Crippen molar-refractivity contribution in [3.8, 4) is 16.9 Å². The van der Waals surface area contributed by atoms with Gasteiger partial charge in [-0.25, -0.2) is 4.98 Å². The van der Waals surface area contributed by atoms with Gasteiger partial charge in [0.2, 0.25) is 0 Å². The number of nitrogens with two attached hydrogens (primary N) is 1. The van der Waals surface area contributed by atoms with Crippen molar-refractivity contribution in [2.75, 3.05) is 5.32 Å². The number of pyridine rings is 1. The first-order chi connectivity index (χ1) is 19.8. The normalized spacial score (nSPS) is 11.7. The summed E-state index contributed by atoms with van der Waals surface area (Å²) in [4.78, 5) is 29.1. The first-order valence-electron chi connectivity index (χ1n) is 12.2. The first-order valence-corrected chi connectivity index (χ1v) is 13.8. The zero-order valence-electron chi connectivity index (χ0n) is 21.8. The van der Waals surface area contributed by atoms with Crippen molar-refractivity contribution in [3.63, 3.8) is 0 Å². The monoisotopic (exact) mass is 637 g/mol. The molecule has 0 aliphatic carbocycles. The van der Waals surface area contributed by atoms with E-state index in [-0.39, 0.29) is 49.5 Å². The summed E-state index contributed by atoms with van der Waals surface area (Å²) in [5.74, 6) is -1.26. The van der Waals surface area contributed by atoms with Crippen LogP contribution in [0.2, 0.25) is 10.0 Å². The maximum atomic E-state index is 13.8. The number of aryl methyl sites for hydroxylation is 2. The number of carbonyl (C=O) groups is 2. The minimum absolute atomic E-state index is 0.0719. The molecule has 0 saturated heterocycles. The van der Waals surface area contributed by atoms with Gasteiger partial charge in [0.1, 0.15) is 33.5 Å². The second-order valence-corrected chi connectivity index (χ2v) is 10.8. The Bertz CT molecular complexity index is 1850. The maximum absolute atomic E-state index is 13.8. The van der Waals surface area contributed by atoms with Crippen LogP contribution in [0.5, 0.6) is 5.75 Å². The van der Waals surface area contributed by atoms with Gasteiger partial charge in [-0.15, -0.1) is 11.3 Å². The Morgan fingerprint density at radius 1 is 1.17 bits per heavy atom. The summed E-state index contributed by atoms with van der Waals surface area (Å²) in [5.41, 5.74) is 5.22. The molecule has 0 fully saturated rings. The number of halogens is 5. The molecule has 1 aromatic carbocycles. The number of rotatable bonds is 8. The number of amides is 2. The molecular weight excluding hydrogens is 618 g/mol. The summed E-state index contributed by atoms with van der Waals surface area (Å²) < 4.78 is 54.3. The number of nitrogens with one attached hydrogen (secondary N) is 1. The number of hydrogen-bond donors (Lipinski definition) is 2. The van der Waals surface area contributed by atoms with Gasteiger partial charge >= 0.3 is 6.18 Å². The fraction of sp³-hybridized carbons (Fsp3) is 0.185. The molecule has 4 heterocycles. The van der Waals surface area contributed by atoms with Crippen LogP contribution in [0.4, 0.5) is 18.9 Å². The number of carbonyl (C=O) groups excluding carboxylic acids is 2. The molecule has 0 aliphatic heterocycles. The van der Waals surface area contributed by atoms with Crippen LogP contribution in [-0.2, 0) is 19.3 Å². The van der Waals surface area contributed by atoms with E-state index in [9.17, 15) is 22.8 Å². The van der Waals surface area contributed by atoms with E-state index >= 15 is 0 Å². The molecule has 0 aliphatic rings. The number of hydrogen-bond acceptors (Lipinski definition) is 7. The van der Waals surface area contributed by atoms with Crippen molar-refractivity contribution in [1.82, 2.24) is 14.8 Å². The summed E-state index contributed by atoms with van der Waals surface area (Å²) in [5, 5.41) is 7.76. The number of ether oxygens (including phenoxy) is 1. The van der Waals surface area contributed by atoms with E-state index in [1.807, 2.05) is 6.92 Å². The third-order valence-corrected chi connectivity index (χ3v) is 7.75. The Balaban J connectivity index is 1.53. The predicted molar refractivity (Wildman–Crippen MR) is 152 cm³/mol. The lowest BCUT2D eigenvalue weighted by molar-refractivity contribution is -0.140. The highest BCUT2D eigenvalue weighted by Gasteiger charge is 2.35. The van der Waals surface area contributed by atoms with Gasteiger partial charge in [0.05, 0.1) is 16.4 Å². The van der Waals surface area contributed by atoms with Gasteiger partial charge in [0, 0.05) is 28.7 Å². The number of fused-ring (bicyclic) bond motifs is 1. The zero-order chi connectivity index (χ0) is 30.3. The second kappa shape index (κ2) is 11.3. The van der Waals surface area contributed by atoms with Gasteiger partial charge in [-0.05, 0) is 55.8 Å². The number of anilines is 1. The van der Waals surface area contributed by atoms with Gasteiger partial charge in [-0.3, -0.25) is 14.3 Å². The second-order valence-electron chi connectivity index (χ2n) is 8.97. The SMILES string of the molecule is CCn1cc(-c2cc(C(F)(F)F)nc3sc(C(N)=O)c(NC(=O)c4ccc(COc5ccc(Cl)cc5Cl)o4)c23)c(C)n1. The van der Waals surface area contributed by atoms with E-state index in [2.05, 4.69) is 15.4 Å². The first kappa shape index (κ1) is 29.4. The largest absolute Gasteiger partial charge is 0.484 e. The number of nitrogens with zero attached hydrogens (tertiary/aromatic N) is 3. The zero-order valence-corrected chi connectivity index (χ0v) is 24.1. The summed E-state index contributed by atoms with van der Waals surface area (Å²) in [7, 11) is 0. The lowest BCUT2D eigenvalue weighted by Crippen LogP contribution is -2.16. The highest BCUT2D eigenvalue weighted by Crippen LogP contribution is 2.44. The van der Waals surface area contributed by atoms with Gasteiger partial charge in [0.15, 0.2) is 5.76 Å². The summed E-state index contributed by atoms with van der Waals surface area (Å²) >= 11 is 12.7. The maximum Gasteiger partial charge on any atom is 0.433 e. The fourth-order valence-corrected chi connectivity index (χ4v) is 5.66. The van der Waals surface area contributed by atoms with Crippen molar-refractivity contribution >= 4 is 62.3 Å². The van der Waals surface area contributed by atoms with Gasteiger partial charge in [0.25, 0.3) is 11.8 Å². The Kier molecular flexibility index (Phi) is 7.92. The molecule has 3 N–H and O–H groups in total. The molecule has 5 rings (SSSR count). The summed E-state index contributed by atoms with van der Waals surface area (Å²) in [6.45, 7) is 3.87. The molecule has 5 aromatic rings. The minimum atomic E-state index is -4.78. The Morgan fingerprint density at radius 2 is 1.93 bits per heavy atom. The van der Waals surface area contributed by atoms with Crippen LogP contribution in [-0.4, -0.2) is 26.6 Å².